The van der Waals surface area contributed by atoms with Gasteiger partial charge in [-0.15, -0.1) is 0 Å². The molecule has 3 aromatic rings. The highest BCUT2D eigenvalue weighted by Crippen LogP contribution is 2.22. The van der Waals surface area contributed by atoms with Gasteiger partial charge >= 0.3 is 0 Å². The summed E-state index contributed by atoms with van der Waals surface area (Å²) in [6.45, 7) is 0.298. The van der Waals surface area contributed by atoms with E-state index in [1.807, 2.05) is 16.8 Å². The predicted octanol–water partition coefficient (Wildman–Crippen LogP) is 4.25. The van der Waals surface area contributed by atoms with E-state index in [-0.39, 0.29) is 17.4 Å². The Labute approximate surface area is 153 Å². The van der Waals surface area contributed by atoms with Crippen LogP contribution in [0.2, 0.25) is 5.02 Å². The number of rotatable bonds is 6. The van der Waals surface area contributed by atoms with Crippen LogP contribution in [0.25, 0.3) is 11.3 Å². The smallest absolute Gasteiger partial charge is 0.220 e. The summed E-state index contributed by atoms with van der Waals surface area (Å²) >= 11 is 7.23. The number of carbonyl (C=O) groups excluding carboxylic acids is 1. The molecule has 0 saturated carbocycles. The second kappa shape index (κ2) is 8.18. The second-order valence-corrected chi connectivity index (χ2v) is 6.58. The van der Waals surface area contributed by atoms with E-state index >= 15 is 0 Å². The summed E-state index contributed by atoms with van der Waals surface area (Å²) in [5.74, 6) is -0.600. The minimum Gasteiger partial charge on any atom is -0.350 e. The Morgan fingerprint density at radius 2 is 2.08 bits per heavy atom. The van der Waals surface area contributed by atoms with E-state index in [1.165, 1.54) is 12.1 Å². The first-order valence-corrected chi connectivity index (χ1v) is 8.98. The summed E-state index contributed by atoms with van der Waals surface area (Å²) in [4.78, 5) is 20.7. The van der Waals surface area contributed by atoms with Crippen molar-refractivity contribution in [3.8, 4) is 11.3 Å². The summed E-state index contributed by atoms with van der Waals surface area (Å²) in [5, 5.41) is 6.88. The summed E-state index contributed by atoms with van der Waals surface area (Å²) < 4.78 is 13.4. The Hall–Kier alpha value is -2.31. The van der Waals surface area contributed by atoms with Crippen molar-refractivity contribution >= 4 is 28.8 Å². The fourth-order valence-corrected chi connectivity index (χ4v) is 3.12. The molecule has 0 spiro atoms. The fraction of sp³-hybridized carbons (Fsp3) is 0.167. The standard InChI is InChI=1S/C18H15ClFN3OS/c19-14-3-1-12(9-15(14)20)2-4-17(24)23-10-16-18(22-7-6-21-16)13-5-8-25-11-13/h1,3,5-9,11H,2,4,10H2,(H,23,24). The van der Waals surface area contributed by atoms with Gasteiger partial charge in [0.25, 0.3) is 0 Å². The molecule has 25 heavy (non-hydrogen) atoms. The van der Waals surface area contributed by atoms with Gasteiger partial charge in [-0.1, -0.05) is 17.7 Å². The van der Waals surface area contributed by atoms with Crippen LogP contribution < -0.4 is 5.32 Å². The van der Waals surface area contributed by atoms with Gasteiger partial charge in [0.2, 0.25) is 5.91 Å². The van der Waals surface area contributed by atoms with Crippen molar-refractivity contribution in [2.75, 3.05) is 0 Å². The van der Waals surface area contributed by atoms with E-state index in [9.17, 15) is 9.18 Å². The van der Waals surface area contributed by atoms with Crippen molar-refractivity contribution in [3.05, 3.63) is 69.5 Å². The summed E-state index contributed by atoms with van der Waals surface area (Å²) in [6, 6.07) is 6.54. The Balaban J connectivity index is 1.57. The van der Waals surface area contributed by atoms with Crippen LogP contribution in [0.1, 0.15) is 17.7 Å². The number of hydrogen-bond donors (Lipinski definition) is 1. The van der Waals surface area contributed by atoms with E-state index in [0.29, 0.717) is 18.7 Å². The molecule has 0 aliphatic rings. The van der Waals surface area contributed by atoms with Crippen LogP contribution in [-0.2, 0) is 17.8 Å². The molecule has 0 unspecified atom stereocenters. The largest absolute Gasteiger partial charge is 0.350 e. The van der Waals surface area contributed by atoms with E-state index in [1.54, 1.807) is 29.8 Å². The molecule has 2 heterocycles. The Morgan fingerprint density at radius 1 is 1.24 bits per heavy atom. The van der Waals surface area contributed by atoms with Gasteiger partial charge in [-0.3, -0.25) is 14.8 Å². The van der Waals surface area contributed by atoms with Crippen LogP contribution in [0.5, 0.6) is 0 Å². The third-order valence-electron chi connectivity index (χ3n) is 3.65. The molecular formula is C18H15ClFN3OS. The zero-order valence-corrected chi connectivity index (χ0v) is 14.8. The molecule has 0 aliphatic carbocycles. The molecule has 0 saturated heterocycles. The molecule has 1 N–H and O–H groups in total. The quantitative estimate of drug-likeness (QED) is 0.700. The monoisotopic (exact) mass is 375 g/mol. The van der Waals surface area contributed by atoms with Crippen LogP contribution in [-0.4, -0.2) is 15.9 Å². The van der Waals surface area contributed by atoms with Crippen molar-refractivity contribution < 1.29 is 9.18 Å². The Bertz CT molecular complexity index is 871. The van der Waals surface area contributed by atoms with Gasteiger partial charge < -0.3 is 5.32 Å². The van der Waals surface area contributed by atoms with Crippen molar-refractivity contribution in [3.63, 3.8) is 0 Å². The molecule has 2 aromatic heterocycles. The number of nitrogens with one attached hydrogen (secondary N) is 1. The molecule has 0 fully saturated rings. The van der Waals surface area contributed by atoms with Gasteiger partial charge in [-0.25, -0.2) is 4.39 Å². The average Bonchev–Trinajstić information content (AvgIpc) is 3.15. The summed E-state index contributed by atoms with van der Waals surface area (Å²) in [5.41, 5.74) is 3.20. The number of benzene rings is 1. The maximum atomic E-state index is 13.4. The van der Waals surface area contributed by atoms with E-state index in [2.05, 4.69) is 15.3 Å². The van der Waals surface area contributed by atoms with Crippen molar-refractivity contribution in [2.45, 2.75) is 19.4 Å². The zero-order chi connectivity index (χ0) is 17.6. The lowest BCUT2D eigenvalue weighted by atomic mass is 10.1. The highest BCUT2D eigenvalue weighted by atomic mass is 35.5. The lowest BCUT2D eigenvalue weighted by molar-refractivity contribution is -0.121. The topological polar surface area (TPSA) is 54.9 Å². The van der Waals surface area contributed by atoms with Gasteiger partial charge in [0.15, 0.2) is 0 Å². The van der Waals surface area contributed by atoms with Crippen LogP contribution in [0.3, 0.4) is 0 Å². The molecule has 4 nitrogen and oxygen atoms in total. The number of halogens is 2. The second-order valence-electron chi connectivity index (χ2n) is 5.39. The minimum absolute atomic E-state index is 0.0804. The maximum absolute atomic E-state index is 13.4. The normalized spacial score (nSPS) is 10.6. The highest BCUT2D eigenvalue weighted by Gasteiger charge is 2.10. The van der Waals surface area contributed by atoms with Crippen molar-refractivity contribution in [1.82, 2.24) is 15.3 Å². The number of carbonyl (C=O) groups is 1. The molecule has 1 aromatic carbocycles. The third kappa shape index (κ3) is 4.61. The van der Waals surface area contributed by atoms with Gasteiger partial charge in [-0.2, -0.15) is 11.3 Å². The molecule has 0 bridgehead atoms. The first-order chi connectivity index (χ1) is 12.1. The van der Waals surface area contributed by atoms with Gasteiger partial charge in [0.05, 0.1) is 23.0 Å². The number of amides is 1. The molecule has 0 aliphatic heterocycles. The van der Waals surface area contributed by atoms with Gasteiger partial charge in [-0.05, 0) is 35.6 Å². The number of hydrogen-bond acceptors (Lipinski definition) is 4. The average molecular weight is 376 g/mol. The van der Waals surface area contributed by atoms with Gasteiger partial charge in [0, 0.05) is 29.8 Å². The van der Waals surface area contributed by atoms with Crippen molar-refractivity contribution in [1.29, 1.82) is 0 Å². The molecular weight excluding hydrogens is 361 g/mol. The molecule has 3 rings (SSSR count). The van der Waals surface area contributed by atoms with E-state index in [4.69, 9.17) is 11.6 Å². The third-order valence-corrected chi connectivity index (χ3v) is 4.64. The van der Waals surface area contributed by atoms with Crippen LogP contribution >= 0.6 is 22.9 Å². The summed E-state index contributed by atoms with van der Waals surface area (Å²) in [7, 11) is 0. The maximum Gasteiger partial charge on any atom is 0.220 e. The number of aryl methyl sites for hydroxylation is 1. The predicted molar refractivity (Wildman–Crippen MR) is 96.9 cm³/mol. The zero-order valence-electron chi connectivity index (χ0n) is 13.2. The number of thiophene rings is 1. The van der Waals surface area contributed by atoms with Crippen LogP contribution in [0.4, 0.5) is 4.39 Å². The van der Waals surface area contributed by atoms with Crippen molar-refractivity contribution in [2.24, 2.45) is 0 Å². The molecule has 0 radical (unpaired) electrons. The van der Waals surface area contributed by atoms with Crippen LogP contribution in [0.15, 0.2) is 47.4 Å². The molecule has 0 atom stereocenters. The lowest BCUT2D eigenvalue weighted by Crippen LogP contribution is -2.24. The number of nitrogens with zero attached hydrogens (tertiary/aromatic N) is 2. The molecule has 1 amide bonds. The van der Waals surface area contributed by atoms with E-state index in [0.717, 1.165) is 16.8 Å². The van der Waals surface area contributed by atoms with E-state index < -0.39 is 5.82 Å². The minimum atomic E-state index is -0.473. The molecule has 7 heteroatoms. The Morgan fingerprint density at radius 3 is 2.84 bits per heavy atom. The first-order valence-electron chi connectivity index (χ1n) is 7.66. The first kappa shape index (κ1) is 17.5. The molecule has 128 valence electrons. The lowest BCUT2D eigenvalue weighted by Gasteiger charge is -2.08. The fourth-order valence-electron chi connectivity index (χ4n) is 2.36. The van der Waals surface area contributed by atoms with Gasteiger partial charge in [0.1, 0.15) is 5.82 Å². The Kier molecular flexibility index (Phi) is 5.73. The highest BCUT2D eigenvalue weighted by molar-refractivity contribution is 7.08. The van der Waals surface area contributed by atoms with Crippen LogP contribution in [0, 0.1) is 5.82 Å². The summed E-state index contributed by atoms with van der Waals surface area (Å²) in [6.07, 6.45) is 3.94. The SMILES string of the molecule is O=C(CCc1ccc(Cl)c(F)c1)NCc1nccnc1-c1ccsc1. The number of aromatic nitrogens is 2.